The van der Waals surface area contributed by atoms with E-state index in [1.54, 1.807) is 37.3 Å². The minimum Gasteiger partial charge on any atom is -0.352 e. The lowest BCUT2D eigenvalue weighted by molar-refractivity contribution is -0.141. The number of hydrogen-bond acceptors (Lipinski definition) is 4. The van der Waals surface area contributed by atoms with Crippen molar-refractivity contribution in [1.82, 2.24) is 14.5 Å². The highest BCUT2D eigenvalue weighted by atomic mass is 32.2. The Kier molecular flexibility index (Phi) is 9.40. The molecule has 0 unspecified atom stereocenters. The number of hydrogen-bond donors (Lipinski definition) is 1. The Bertz CT molecular complexity index is 1090. The molecule has 1 atom stereocenters. The second-order valence-electron chi connectivity index (χ2n) is 9.06. The fourth-order valence-electron chi connectivity index (χ4n) is 4.25. The van der Waals surface area contributed by atoms with E-state index >= 15 is 0 Å². The van der Waals surface area contributed by atoms with Crippen LogP contribution in [-0.2, 0) is 26.2 Å². The van der Waals surface area contributed by atoms with E-state index in [9.17, 15) is 22.4 Å². The zero-order chi connectivity index (χ0) is 25.4. The number of rotatable bonds is 11. The molecule has 0 aliphatic heterocycles. The van der Waals surface area contributed by atoms with Crippen molar-refractivity contribution in [2.45, 2.75) is 69.0 Å². The molecule has 2 aromatic carbocycles. The molecule has 2 amide bonds. The van der Waals surface area contributed by atoms with Crippen LogP contribution in [0.5, 0.6) is 0 Å². The van der Waals surface area contributed by atoms with E-state index in [0.717, 1.165) is 25.7 Å². The molecule has 0 aromatic heterocycles. The van der Waals surface area contributed by atoms with Gasteiger partial charge in [-0.1, -0.05) is 43.2 Å². The Morgan fingerprint density at radius 1 is 1.06 bits per heavy atom. The summed E-state index contributed by atoms with van der Waals surface area (Å²) in [6.07, 6.45) is 4.42. The van der Waals surface area contributed by atoms with Crippen molar-refractivity contribution >= 4 is 21.8 Å². The Hall–Kier alpha value is -2.78. The van der Waals surface area contributed by atoms with Gasteiger partial charge in [0, 0.05) is 32.6 Å². The highest BCUT2D eigenvalue weighted by Gasteiger charge is 2.28. The monoisotopic (exact) mass is 503 g/mol. The number of benzene rings is 2. The lowest BCUT2D eigenvalue weighted by Gasteiger charge is -2.30. The standard InChI is InChI=1S/C26H34FN3O4S/c1-20(26(32)28-23-9-6-7-10-23)30(19-21-14-16-22(27)17-15-21)25(31)13-8-18-29(2)35(33,34)24-11-4-3-5-12-24/h3-5,11-12,14-17,20,23H,6-10,13,18-19H2,1-2H3,(H,28,32)/t20-/m0/s1. The third kappa shape index (κ3) is 7.35. The molecule has 1 N–H and O–H groups in total. The third-order valence-corrected chi connectivity index (χ3v) is 8.32. The summed E-state index contributed by atoms with van der Waals surface area (Å²) >= 11 is 0. The highest BCUT2D eigenvalue weighted by Crippen LogP contribution is 2.19. The van der Waals surface area contributed by atoms with Crippen LogP contribution in [0.3, 0.4) is 0 Å². The summed E-state index contributed by atoms with van der Waals surface area (Å²) < 4.78 is 40.0. The molecule has 7 nitrogen and oxygen atoms in total. The summed E-state index contributed by atoms with van der Waals surface area (Å²) in [6, 6.07) is 13.4. The minimum absolute atomic E-state index is 0.0803. The molecular weight excluding hydrogens is 469 g/mol. The lowest BCUT2D eigenvalue weighted by atomic mass is 10.1. The first-order chi connectivity index (χ1) is 16.7. The first-order valence-electron chi connectivity index (χ1n) is 12.0. The summed E-state index contributed by atoms with van der Waals surface area (Å²) in [5, 5.41) is 3.04. The number of carbonyl (C=O) groups is 2. The normalized spacial score (nSPS) is 15.2. The molecule has 0 radical (unpaired) electrons. The van der Waals surface area contributed by atoms with Gasteiger partial charge in [-0.25, -0.2) is 17.1 Å². The number of sulfonamides is 1. The summed E-state index contributed by atoms with van der Waals surface area (Å²) in [5.74, 6) is -0.841. The lowest BCUT2D eigenvalue weighted by Crippen LogP contribution is -2.49. The number of nitrogens with zero attached hydrogens (tertiary/aromatic N) is 2. The van der Waals surface area contributed by atoms with E-state index < -0.39 is 16.1 Å². The molecule has 0 bridgehead atoms. The molecule has 1 fully saturated rings. The number of nitrogens with one attached hydrogen (secondary N) is 1. The minimum atomic E-state index is -3.64. The van der Waals surface area contributed by atoms with Crippen LogP contribution in [0.1, 0.15) is 51.0 Å². The largest absolute Gasteiger partial charge is 0.352 e. The summed E-state index contributed by atoms with van der Waals surface area (Å²) in [5.41, 5.74) is 0.712. The SMILES string of the molecule is C[C@@H](C(=O)NC1CCCC1)N(Cc1ccc(F)cc1)C(=O)CCCN(C)S(=O)(=O)c1ccccc1. The Morgan fingerprint density at radius 2 is 1.69 bits per heavy atom. The Balaban J connectivity index is 1.64. The first kappa shape index (κ1) is 26.8. The quantitative estimate of drug-likeness (QED) is 0.507. The summed E-state index contributed by atoms with van der Waals surface area (Å²) in [6.45, 7) is 2.02. The molecule has 0 heterocycles. The molecule has 0 saturated heterocycles. The fourth-order valence-corrected chi connectivity index (χ4v) is 5.48. The maximum absolute atomic E-state index is 13.4. The van der Waals surface area contributed by atoms with Crippen molar-refractivity contribution in [3.8, 4) is 0 Å². The van der Waals surface area contributed by atoms with E-state index in [4.69, 9.17) is 0 Å². The molecule has 35 heavy (non-hydrogen) atoms. The van der Waals surface area contributed by atoms with Gasteiger partial charge < -0.3 is 10.2 Å². The third-order valence-electron chi connectivity index (χ3n) is 6.45. The van der Waals surface area contributed by atoms with Crippen LogP contribution in [0.4, 0.5) is 4.39 Å². The molecule has 1 aliphatic carbocycles. The van der Waals surface area contributed by atoms with Gasteiger partial charge in [-0.05, 0) is 56.0 Å². The van der Waals surface area contributed by atoms with E-state index in [0.29, 0.717) is 12.0 Å². The molecule has 0 spiro atoms. The molecule has 3 rings (SSSR count). The van der Waals surface area contributed by atoms with E-state index in [2.05, 4.69) is 5.32 Å². The van der Waals surface area contributed by atoms with Crippen LogP contribution in [0.25, 0.3) is 0 Å². The second-order valence-corrected chi connectivity index (χ2v) is 11.1. The van der Waals surface area contributed by atoms with Crippen molar-refractivity contribution in [3.05, 3.63) is 66.0 Å². The highest BCUT2D eigenvalue weighted by molar-refractivity contribution is 7.89. The zero-order valence-corrected chi connectivity index (χ0v) is 21.1. The van der Waals surface area contributed by atoms with Crippen molar-refractivity contribution in [1.29, 1.82) is 0 Å². The number of amides is 2. The average Bonchev–Trinajstić information content (AvgIpc) is 3.36. The molecular formula is C26H34FN3O4S. The van der Waals surface area contributed by atoms with E-state index in [1.165, 1.54) is 40.5 Å². The second kappa shape index (κ2) is 12.3. The average molecular weight is 504 g/mol. The molecule has 9 heteroatoms. The van der Waals surface area contributed by atoms with Gasteiger partial charge in [0.1, 0.15) is 11.9 Å². The molecule has 1 saturated carbocycles. The van der Waals surface area contributed by atoms with Gasteiger partial charge >= 0.3 is 0 Å². The van der Waals surface area contributed by atoms with Crippen molar-refractivity contribution < 1.29 is 22.4 Å². The van der Waals surface area contributed by atoms with Gasteiger partial charge in [0.2, 0.25) is 21.8 Å². The zero-order valence-electron chi connectivity index (χ0n) is 20.3. The van der Waals surface area contributed by atoms with Crippen LogP contribution in [-0.4, -0.2) is 55.1 Å². The molecule has 1 aliphatic rings. The van der Waals surface area contributed by atoms with Crippen molar-refractivity contribution in [2.75, 3.05) is 13.6 Å². The van der Waals surface area contributed by atoms with Gasteiger partial charge in [-0.15, -0.1) is 0 Å². The topological polar surface area (TPSA) is 86.8 Å². The fraction of sp³-hybridized carbons (Fsp3) is 0.462. The van der Waals surface area contributed by atoms with Crippen LogP contribution in [0.2, 0.25) is 0 Å². The predicted octanol–water partition coefficient (Wildman–Crippen LogP) is 3.70. The number of halogens is 1. The van der Waals surface area contributed by atoms with Crippen molar-refractivity contribution in [2.24, 2.45) is 0 Å². The van der Waals surface area contributed by atoms with Gasteiger partial charge in [-0.2, -0.15) is 0 Å². The van der Waals surface area contributed by atoms with Gasteiger partial charge in [0.15, 0.2) is 0 Å². The van der Waals surface area contributed by atoms with Gasteiger partial charge in [0.25, 0.3) is 0 Å². The van der Waals surface area contributed by atoms with Crippen LogP contribution >= 0.6 is 0 Å². The van der Waals surface area contributed by atoms with Gasteiger partial charge in [-0.3, -0.25) is 9.59 Å². The van der Waals surface area contributed by atoms with Crippen LogP contribution < -0.4 is 5.32 Å². The smallest absolute Gasteiger partial charge is 0.242 e. The predicted molar refractivity (Wildman–Crippen MR) is 132 cm³/mol. The Morgan fingerprint density at radius 3 is 2.31 bits per heavy atom. The number of carbonyl (C=O) groups excluding carboxylic acids is 2. The molecule has 190 valence electrons. The van der Waals surface area contributed by atoms with E-state index in [1.807, 2.05) is 0 Å². The van der Waals surface area contributed by atoms with E-state index in [-0.39, 0.29) is 48.1 Å². The van der Waals surface area contributed by atoms with Crippen LogP contribution in [0, 0.1) is 5.82 Å². The summed E-state index contributed by atoms with van der Waals surface area (Å²) in [4.78, 5) is 27.8. The Labute approximate surface area is 207 Å². The van der Waals surface area contributed by atoms with Crippen molar-refractivity contribution in [3.63, 3.8) is 0 Å². The summed E-state index contributed by atoms with van der Waals surface area (Å²) in [7, 11) is -2.16. The van der Waals surface area contributed by atoms with Crippen LogP contribution in [0.15, 0.2) is 59.5 Å². The first-order valence-corrected chi connectivity index (χ1v) is 13.5. The maximum atomic E-state index is 13.4. The maximum Gasteiger partial charge on any atom is 0.242 e. The molecule has 2 aromatic rings. The van der Waals surface area contributed by atoms with Gasteiger partial charge in [0.05, 0.1) is 4.90 Å².